The summed E-state index contributed by atoms with van der Waals surface area (Å²) in [6.07, 6.45) is 0. The van der Waals surface area contributed by atoms with Gasteiger partial charge in [-0.2, -0.15) is 8.42 Å². The molecular weight excluding hydrogens is 565 g/mol. The van der Waals surface area contributed by atoms with Gasteiger partial charge < -0.3 is 29.8 Å². The van der Waals surface area contributed by atoms with Crippen LogP contribution in [0.15, 0.2) is 38.4 Å². The van der Waals surface area contributed by atoms with Gasteiger partial charge in [-0.05, 0) is 43.7 Å². The van der Waals surface area contributed by atoms with Crippen LogP contribution in [-0.4, -0.2) is 42.4 Å². The molecule has 1 aliphatic heterocycles. The van der Waals surface area contributed by atoms with Crippen molar-refractivity contribution >= 4 is 55.9 Å². The van der Waals surface area contributed by atoms with Crippen LogP contribution < -0.4 is 20.6 Å². The standard InChI is InChI=1S/C24H19Cl2NO10S/c1-3-35-22-18(28)13(25)5-11-17(9-8-16(38(32,33)34)15(27)7-10(9)24(30)31)12-6-14(26)19(29)23(36-4-2)21(12)37-20(11)22/h5-8,28H,3-4,27H2,1-2H3,(H,30,31)(H,32,33,34). The maximum absolute atomic E-state index is 12.9. The van der Waals surface area contributed by atoms with Gasteiger partial charge in [0.15, 0.2) is 17.1 Å². The lowest BCUT2D eigenvalue weighted by molar-refractivity contribution is 0.0697. The quantitative estimate of drug-likeness (QED) is 0.131. The summed E-state index contributed by atoms with van der Waals surface area (Å²) in [5.74, 6) is -2.75. The zero-order chi connectivity index (χ0) is 28.1. The van der Waals surface area contributed by atoms with Crippen LogP contribution in [-0.2, 0) is 10.1 Å². The zero-order valence-electron chi connectivity index (χ0n) is 19.7. The van der Waals surface area contributed by atoms with E-state index in [1.54, 1.807) is 13.8 Å². The Morgan fingerprint density at radius 1 is 1.03 bits per heavy atom. The van der Waals surface area contributed by atoms with Gasteiger partial charge in [-0.3, -0.25) is 9.35 Å². The molecule has 0 amide bonds. The first-order valence-corrected chi connectivity index (χ1v) is 13.1. The number of phenols is 1. The first-order valence-electron chi connectivity index (χ1n) is 10.9. The van der Waals surface area contributed by atoms with Crippen molar-refractivity contribution in [2.45, 2.75) is 18.7 Å². The summed E-state index contributed by atoms with van der Waals surface area (Å²) in [4.78, 5) is 24.4. The molecule has 2 aromatic carbocycles. The van der Waals surface area contributed by atoms with E-state index in [4.69, 9.17) is 42.8 Å². The van der Waals surface area contributed by atoms with Crippen LogP contribution in [0.3, 0.4) is 0 Å². The van der Waals surface area contributed by atoms with Gasteiger partial charge in [0, 0.05) is 16.5 Å². The topological polar surface area (TPSA) is 187 Å². The lowest BCUT2D eigenvalue weighted by atomic mass is 9.90. The van der Waals surface area contributed by atoms with Crippen molar-refractivity contribution in [3.05, 3.63) is 50.1 Å². The smallest absolute Gasteiger partial charge is 0.336 e. The number of nitrogen functional groups attached to an aromatic ring is 1. The molecule has 0 radical (unpaired) electrons. The number of hydrogen-bond donors (Lipinski definition) is 4. The Kier molecular flexibility index (Phi) is 7.10. The maximum Gasteiger partial charge on any atom is 0.336 e. The van der Waals surface area contributed by atoms with Gasteiger partial charge in [0.25, 0.3) is 10.1 Å². The maximum atomic E-state index is 12.9. The number of anilines is 1. The van der Waals surface area contributed by atoms with Crippen molar-refractivity contribution in [2.24, 2.45) is 0 Å². The average molecular weight is 584 g/mol. The van der Waals surface area contributed by atoms with Crippen LogP contribution in [0.1, 0.15) is 24.2 Å². The van der Waals surface area contributed by atoms with Crippen molar-refractivity contribution in [3.63, 3.8) is 0 Å². The van der Waals surface area contributed by atoms with Gasteiger partial charge >= 0.3 is 5.97 Å². The van der Waals surface area contributed by atoms with E-state index in [1.807, 2.05) is 0 Å². The number of carboxylic acids is 1. The van der Waals surface area contributed by atoms with Crippen molar-refractivity contribution < 1.29 is 41.9 Å². The molecule has 5 N–H and O–H groups in total. The van der Waals surface area contributed by atoms with Gasteiger partial charge in [0.05, 0.1) is 34.5 Å². The van der Waals surface area contributed by atoms with Crippen molar-refractivity contribution in [2.75, 3.05) is 18.9 Å². The lowest BCUT2D eigenvalue weighted by Crippen LogP contribution is -2.12. The third-order valence-corrected chi connectivity index (χ3v) is 7.03. The van der Waals surface area contributed by atoms with Gasteiger partial charge in [-0.25, -0.2) is 4.79 Å². The van der Waals surface area contributed by atoms with E-state index in [0.29, 0.717) is 0 Å². The number of hydrogen-bond acceptors (Lipinski definition) is 9. The molecule has 1 heterocycles. The van der Waals surface area contributed by atoms with Crippen LogP contribution in [0.25, 0.3) is 33.4 Å². The minimum Gasteiger partial charge on any atom is -0.503 e. The number of benzene rings is 3. The Labute approximate surface area is 225 Å². The molecule has 0 saturated heterocycles. The van der Waals surface area contributed by atoms with E-state index in [1.165, 1.54) is 12.1 Å². The molecule has 2 aliphatic rings. The Bertz CT molecular complexity index is 1770. The fourth-order valence-electron chi connectivity index (χ4n) is 4.06. The minimum absolute atomic E-state index is 0.0207. The summed E-state index contributed by atoms with van der Waals surface area (Å²) < 4.78 is 51.0. The molecule has 0 fully saturated rings. The summed E-state index contributed by atoms with van der Waals surface area (Å²) >= 11 is 12.5. The number of phenolic OH excluding ortho intramolecular Hbond substituents is 1. The largest absolute Gasteiger partial charge is 0.503 e. The number of aromatic carboxylic acids is 1. The summed E-state index contributed by atoms with van der Waals surface area (Å²) in [7, 11) is -4.91. The second-order valence-electron chi connectivity index (χ2n) is 7.87. The Balaban J connectivity index is 2.38. The first-order chi connectivity index (χ1) is 17.8. The molecule has 1 aliphatic carbocycles. The number of fused-ring (bicyclic) bond motifs is 2. The molecule has 0 bridgehead atoms. The summed E-state index contributed by atoms with van der Waals surface area (Å²) in [5, 5.41) is 20.1. The Morgan fingerprint density at radius 2 is 1.66 bits per heavy atom. The minimum atomic E-state index is -4.91. The van der Waals surface area contributed by atoms with Crippen LogP contribution >= 0.6 is 23.2 Å². The van der Waals surface area contributed by atoms with Crippen LogP contribution in [0.2, 0.25) is 10.0 Å². The highest BCUT2D eigenvalue weighted by Gasteiger charge is 2.31. The van der Waals surface area contributed by atoms with Gasteiger partial charge in [0.1, 0.15) is 4.90 Å². The molecule has 38 heavy (non-hydrogen) atoms. The molecule has 11 nitrogen and oxygen atoms in total. The van der Waals surface area contributed by atoms with Crippen LogP contribution in [0.4, 0.5) is 5.69 Å². The van der Waals surface area contributed by atoms with E-state index >= 15 is 0 Å². The van der Waals surface area contributed by atoms with Gasteiger partial charge in [0.2, 0.25) is 16.9 Å². The van der Waals surface area contributed by atoms with Crippen molar-refractivity contribution in [3.8, 4) is 39.7 Å². The van der Waals surface area contributed by atoms with Gasteiger partial charge in [-0.1, -0.05) is 23.2 Å². The summed E-state index contributed by atoms with van der Waals surface area (Å²) in [6.45, 7) is 3.29. The Hall–Kier alpha value is -3.71. The monoisotopic (exact) mass is 583 g/mol. The number of carboxylic acid groups (broad SMARTS) is 1. The number of rotatable bonds is 7. The number of aromatic hydroxyl groups is 1. The molecule has 0 atom stereocenters. The molecule has 0 spiro atoms. The average Bonchev–Trinajstić information content (AvgIpc) is 2.83. The normalized spacial score (nSPS) is 11.7. The number of nitrogens with two attached hydrogens (primary N) is 1. The fourth-order valence-corrected chi connectivity index (χ4v) is 5.07. The van der Waals surface area contributed by atoms with Crippen LogP contribution in [0, 0.1) is 0 Å². The van der Waals surface area contributed by atoms with E-state index in [0.717, 1.165) is 12.1 Å². The predicted octanol–water partition coefficient (Wildman–Crippen LogP) is 4.90. The molecule has 0 unspecified atom stereocenters. The van der Waals surface area contributed by atoms with Crippen molar-refractivity contribution in [1.29, 1.82) is 0 Å². The lowest BCUT2D eigenvalue weighted by Gasteiger charge is -2.21. The highest BCUT2D eigenvalue weighted by atomic mass is 35.5. The van der Waals surface area contributed by atoms with E-state index in [-0.39, 0.29) is 68.2 Å². The summed E-state index contributed by atoms with van der Waals surface area (Å²) in [6, 6.07) is 4.15. The SMILES string of the molecule is CCOc1c2oc3c(OCC)c(O)c(Cl)cc3c(-c3cc(S(=O)(=O)O)c(N)cc3C(=O)O)c-2cc(Cl)c1=O. The number of ether oxygens (including phenoxy) is 2. The second-order valence-corrected chi connectivity index (χ2v) is 10.1. The number of carbonyl (C=O) groups is 1. The first kappa shape index (κ1) is 27.3. The second kappa shape index (κ2) is 9.87. The zero-order valence-corrected chi connectivity index (χ0v) is 22.0. The summed E-state index contributed by atoms with van der Waals surface area (Å²) in [5.41, 5.74) is 3.60. The number of halogens is 2. The van der Waals surface area contributed by atoms with Gasteiger partial charge in [-0.15, -0.1) is 0 Å². The third kappa shape index (κ3) is 4.45. The fraction of sp³-hybridized carbons (Fsp3) is 0.167. The molecule has 4 rings (SSSR count). The molecule has 0 saturated carbocycles. The third-order valence-electron chi connectivity index (χ3n) is 5.56. The van der Waals surface area contributed by atoms with E-state index in [2.05, 4.69) is 0 Å². The molecule has 14 heteroatoms. The van der Waals surface area contributed by atoms with Crippen LogP contribution in [0.5, 0.6) is 17.2 Å². The highest BCUT2D eigenvalue weighted by molar-refractivity contribution is 7.86. The molecular formula is C24H19Cl2NO10S. The highest BCUT2D eigenvalue weighted by Crippen LogP contribution is 2.51. The molecule has 0 aromatic heterocycles. The van der Waals surface area contributed by atoms with E-state index < -0.39 is 43.4 Å². The Morgan fingerprint density at radius 3 is 2.24 bits per heavy atom. The van der Waals surface area contributed by atoms with E-state index in [9.17, 15) is 32.8 Å². The predicted molar refractivity (Wildman–Crippen MR) is 140 cm³/mol. The molecule has 2 aromatic rings. The van der Waals surface area contributed by atoms with Crippen molar-refractivity contribution in [1.82, 2.24) is 0 Å². The molecule has 200 valence electrons.